The van der Waals surface area contributed by atoms with E-state index in [2.05, 4.69) is 18.7 Å². The Morgan fingerprint density at radius 1 is 1.11 bits per heavy atom. The molecular weight excluding hydrogens is 348 g/mol. The minimum absolute atomic E-state index is 0.138. The zero-order valence-electron chi connectivity index (χ0n) is 17.7. The van der Waals surface area contributed by atoms with Crippen LogP contribution in [0.25, 0.3) is 0 Å². The van der Waals surface area contributed by atoms with Crippen molar-refractivity contribution in [3.05, 3.63) is 29.8 Å². The molecule has 1 aromatic rings. The van der Waals surface area contributed by atoms with Crippen LogP contribution in [0.5, 0.6) is 5.75 Å². The maximum Gasteiger partial charge on any atom is 0.257 e. The van der Waals surface area contributed by atoms with Crippen LogP contribution in [0.4, 0.5) is 0 Å². The summed E-state index contributed by atoms with van der Waals surface area (Å²) in [7, 11) is 0. The number of piperidine rings is 2. The number of likely N-dealkylation sites (tertiary alicyclic amines) is 2. The highest BCUT2D eigenvalue weighted by atomic mass is 16.5. The summed E-state index contributed by atoms with van der Waals surface area (Å²) in [5.74, 6) is 0.911. The topological polar surface area (TPSA) is 32.8 Å². The first-order valence-electron chi connectivity index (χ1n) is 11.3. The maximum absolute atomic E-state index is 13.0. The average Bonchev–Trinajstić information content (AvgIpc) is 3.45. The second-order valence-corrected chi connectivity index (χ2v) is 9.57. The molecule has 154 valence electrons. The largest absolute Gasteiger partial charge is 0.489 e. The van der Waals surface area contributed by atoms with Gasteiger partial charge in [0.15, 0.2) is 0 Å². The fourth-order valence-corrected chi connectivity index (χ4v) is 4.89. The van der Waals surface area contributed by atoms with Gasteiger partial charge in [-0.2, -0.15) is 0 Å². The average molecular weight is 385 g/mol. The van der Waals surface area contributed by atoms with Gasteiger partial charge in [-0.15, -0.1) is 0 Å². The van der Waals surface area contributed by atoms with Gasteiger partial charge in [-0.05, 0) is 75.8 Å². The van der Waals surface area contributed by atoms with E-state index in [4.69, 9.17) is 4.74 Å². The lowest BCUT2D eigenvalue weighted by molar-refractivity contribution is 0.0658. The number of para-hydroxylation sites is 1. The van der Waals surface area contributed by atoms with Crippen molar-refractivity contribution in [3.8, 4) is 5.75 Å². The van der Waals surface area contributed by atoms with E-state index in [9.17, 15) is 4.79 Å². The third-order valence-corrected chi connectivity index (χ3v) is 7.05. The number of benzene rings is 1. The molecular formula is C24H36N2O2. The van der Waals surface area contributed by atoms with Gasteiger partial charge in [-0.25, -0.2) is 0 Å². The molecule has 0 spiro atoms. The lowest BCUT2D eigenvalue weighted by Crippen LogP contribution is -2.43. The van der Waals surface area contributed by atoms with Crippen molar-refractivity contribution >= 4 is 5.91 Å². The van der Waals surface area contributed by atoms with Gasteiger partial charge in [-0.3, -0.25) is 4.79 Å². The fraction of sp³-hybridized carbons (Fsp3) is 0.708. The summed E-state index contributed by atoms with van der Waals surface area (Å²) in [5, 5.41) is 0. The van der Waals surface area contributed by atoms with Crippen LogP contribution in [0.2, 0.25) is 0 Å². The number of amides is 1. The first kappa shape index (κ1) is 19.8. The lowest BCUT2D eigenvalue weighted by atomic mass is 9.97. The first-order chi connectivity index (χ1) is 13.5. The number of rotatable bonds is 6. The molecule has 1 aromatic carbocycles. The SMILES string of the molecule is C[C@@H](CC1(C)CC1)N1CCC(Oc2ccccc2C(=O)N2CCCCC2)CC1. The van der Waals surface area contributed by atoms with Crippen LogP contribution in [0.1, 0.15) is 75.6 Å². The molecule has 0 bridgehead atoms. The van der Waals surface area contributed by atoms with Crippen LogP contribution in [0.15, 0.2) is 24.3 Å². The van der Waals surface area contributed by atoms with Crippen molar-refractivity contribution < 1.29 is 9.53 Å². The van der Waals surface area contributed by atoms with Gasteiger partial charge in [0.05, 0.1) is 5.56 Å². The first-order valence-corrected chi connectivity index (χ1v) is 11.3. The van der Waals surface area contributed by atoms with Crippen molar-refractivity contribution in [1.29, 1.82) is 0 Å². The molecule has 2 saturated heterocycles. The zero-order valence-corrected chi connectivity index (χ0v) is 17.7. The van der Waals surface area contributed by atoms with Crippen LogP contribution in [0.3, 0.4) is 0 Å². The summed E-state index contributed by atoms with van der Waals surface area (Å²) in [5.41, 5.74) is 1.35. The fourth-order valence-electron chi connectivity index (χ4n) is 4.89. The molecule has 3 aliphatic rings. The van der Waals surface area contributed by atoms with E-state index in [1.54, 1.807) is 0 Å². The molecule has 0 unspecified atom stereocenters. The predicted molar refractivity (Wildman–Crippen MR) is 113 cm³/mol. The number of nitrogens with zero attached hydrogens (tertiary/aromatic N) is 2. The van der Waals surface area contributed by atoms with Crippen LogP contribution < -0.4 is 4.74 Å². The van der Waals surface area contributed by atoms with Gasteiger partial charge in [0.1, 0.15) is 11.9 Å². The molecule has 4 heteroatoms. The number of carbonyl (C=O) groups excluding carboxylic acids is 1. The van der Waals surface area contributed by atoms with E-state index >= 15 is 0 Å². The standard InChI is InChI=1S/C24H36N2O2/c1-19(18-24(2)12-13-24)25-16-10-20(11-17-25)28-22-9-5-4-8-21(22)23(27)26-14-6-3-7-15-26/h4-5,8-9,19-20H,3,6-7,10-18H2,1-2H3/t19-/m0/s1. The predicted octanol–water partition coefficient (Wildman–Crippen LogP) is 4.73. The van der Waals surface area contributed by atoms with Gasteiger partial charge in [0.25, 0.3) is 5.91 Å². The molecule has 2 heterocycles. The molecule has 1 saturated carbocycles. The van der Waals surface area contributed by atoms with Crippen LogP contribution in [-0.2, 0) is 0 Å². The normalized spacial score (nSPS) is 24.0. The van der Waals surface area contributed by atoms with E-state index in [-0.39, 0.29) is 12.0 Å². The smallest absolute Gasteiger partial charge is 0.257 e. The summed E-state index contributed by atoms with van der Waals surface area (Å²) in [6.45, 7) is 8.77. The lowest BCUT2D eigenvalue weighted by Gasteiger charge is -2.37. The molecule has 1 aliphatic carbocycles. The Balaban J connectivity index is 1.33. The summed E-state index contributed by atoms with van der Waals surface area (Å²) >= 11 is 0. The molecule has 28 heavy (non-hydrogen) atoms. The number of carbonyl (C=O) groups is 1. The Morgan fingerprint density at radius 3 is 2.46 bits per heavy atom. The summed E-state index contributed by atoms with van der Waals surface area (Å²) in [6, 6.07) is 8.50. The van der Waals surface area contributed by atoms with Crippen molar-refractivity contribution in [1.82, 2.24) is 9.80 Å². The Kier molecular flexibility index (Phi) is 5.96. The zero-order chi connectivity index (χ0) is 19.6. The quantitative estimate of drug-likeness (QED) is 0.710. The van der Waals surface area contributed by atoms with Gasteiger partial charge in [0, 0.05) is 32.2 Å². The second-order valence-electron chi connectivity index (χ2n) is 9.57. The molecule has 0 N–H and O–H groups in total. The number of ether oxygens (including phenoxy) is 1. The minimum Gasteiger partial charge on any atom is -0.489 e. The van der Waals surface area contributed by atoms with Crippen molar-refractivity contribution in [3.63, 3.8) is 0 Å². The minimum atomic E-state index is 0.138. The van der Waals surface area contributed by atoms with Gasteiger partial charge in [0.2, 0.25) is 0 Å². The second kappa shape index (κ2) is 8.44. The van der Waals surface area contributed by atoms with E-state index in [1.165, 1.54) is 25.7 Å². The maximum atomic E-state index is 13.0. The molecule has 4 nitrogen and oxygen atoms in total. The van der Waals surface area contributed by atoms with Gasteiger partial charge in [-0.1, -0.05) is 19.1 Å². The highest BCUT2D eigenvalue weighted by Crippen LogP contribution is 2.49. The molecule has 1 amide bonds. The van der Waals surface area contributed by atoms with Crippen molar-refractivity contribution in [2.75, 3.05) is 26.2 Å². The molecule has 0 aromatic heterocycles. The molecule has 3 fully saturated rings. The van der Waals surface area contributed by atoms with E-state index < -0.39 is 0 Å². The molecule has 2 aliphatic heterocycles. The highest BCUT2D eigenvalue weighted by molar-refractivity contribution is 5.97. The third-order valence-electron chi connectivity index (χ3n) is 7.05. The number of hydrogen-bond acceptors (Lipinski definition) is 3. The Hall–Kier alpha value is -1.55. The molecule has 1 atom stereocenters. The van der Waals surface area contributed by atoms with Crippen molar-refractivity contribution in [2.24, 2.45) is 5.41 Å². The summed E-state index contributed by atoms with van der Waals surface area (Å²) in [6.07, 6.45) is 9.91. The monoisotopic (exact) mass is 384 g/mol. The molecule has 0 radical (unpaired) electrons. The Labute approximate surface area is 170 Å². The Morgan fingerprint density at radius 2 is 1.79 bits per heavy atom. The highest BCUT2D eigenvalue weighted by Gasteiger charge is 2.39. The summed E-state index contributed by atoms with van der Waals surface area (Å²) < 4.78 is 6.37. The van der Waals surface area contributed by atoms with E-state index in [1.807, 2.05) is 29.2 Å². The van der Waals surface area contributed by atoms with E-state index in [0.717, 1.165) is 63.2 Å². The number of hydrogen-bond donors (Lipinski definition) is 0. The summed E-state index contributed by atoms with van der Waals surface area (Å²) in [4.78, 5) is 17.6. The third kappa shape index (κ3) is 4.71. The van der Waals surface area contributed by atoms with Crippen LogP contribution in [0, 0.1) is 5.41 Å². The van der Waals surface area contributed by atoms with Crippen molar-refractivity contribution in [2.45, 2.75) is 77.4 Å². The molecule has 4 rings (SSSR count). The van der Waals surface area contributed by atoms with Crippen LogP contribution >= 0.6 is 0 Å². The Bertz CT molecular complexity index is 671. The van der Waals surface area contributed by atoms with Crippen LogP contribution in [-0.4, -0.2) is 54.0 Å². The van der Waals surface area contributed by atoms with Gasteiger partial charge < -0.3 is 14.5 Å². The van der Waals surface area contributed by atoms with Gasteiger partial charge >= 0.3 is 0 Å². The van der Waals surface area contributed by atoms with E-state index in [0.29, 0.717) is 11.5 Å².